The molecule has 1 saturated heterocycles. The molecule has 0 saturated carbocycles. The van der Waals surface area contributed by atoms with Crippen LogP contribution in [0, 0.1) is 5.92 Å². The Kier molecular flexibility index (Phi) is 7.03. The molecule has 1 amide bonds. The SMILES string of the molecule is CCCCCc1ccc2[nH]nc(C(=O)NCC3CCN(OC(C)=O)CC3)c2c1. The first-order chi connectivity index (χ1) is 13.6. The number of piperidine rings is 1. The summed E-state index contributed by atoms with van der Waals surface area (Å²) < 4.78 is 0. The number of aryl methyl sites for hydroxylation is 1. The average Bonchev–Trinajstić information content (AvgIpc) is 3.10. The number of nitrogens with zero attached hydrogens (tertiary/aromatic N) is 2. The van der Waals surface area contributed by atoms with E-state index in [2.05, 4.69) is 34.6 Å². The van der Waals surface area contributed by atoms with E-state index in [0.717, 1.165) is 36.6 Å². The Balaban J connectivity index is 1.55. The number of benzene rings is 1. The van der Waals surface area contributed by atoms with E-state index >= 15 is 0 Å². The highest BCUT2D eigenvalue weighted by atomic mass is 16.7. The van der Waals surface area contributed by atoms with Gasteiger partial charge in [0.05, 0.1) is 5.52 Å². The van der Waals surface area contributed by atoms with Gasteiger partial charge < -0.3 is 10.2 Å². The van der Waals surface area contributed by atoms with Gasteiger partial charge in [-0.2, -0.15) is 5.10 Å². The molecule has 2 N–H and O–H groups in total. The third kappa shape index (κ3) is 5.32. The van der Waals surface area contributed by atoms with Gasteiger partial charge in [-0.15, -0.1) is 5.06 Å². The molecule has 1 fully saturated rings. The highest BCUT2D eigenvalue weighted by Gasteiger charge is 2.22. The van der Waals surface area contributed by atoms with E-state index in [1.54, 1.807) is 5.06 Å². The van der Waals surface area contributed by atoms with E-state index in [-0.39, 0.29) is 11.9 Å². The first kappa shape index (κ1) is 20.3. The van der Waals surface area contributed by atoms with Gasteiger partial charge in [-0.3, -0.25) is 14.7 Å². The molecule has 7 nitrogen and oxygen atoms in total. The molecular formula is C21H30N4O3. The number of nitrogens with one attached hydrogen (secondary N) is 2. The standard InChI is InChI=1S/C21H30N4O3/c1-3-4-5-6-16-7-8-19-18(13-16)20(24-23-19)21(27)22-14-17-9-11-25(12-10-17)28-15(2)26/h7-8,13,17H,3-6,9-12,14H2,1-2H3,(H,22,27)(H,23,24). The maximum absolute atomic E-state index is 12.7. The second-order valence-electron chi connectivity index (χ2n) is 7.57. The van der Waals surface area contributed by atoms with Crippen molar-refractivity contribution in [3.63, 3.8) is 0 Å². The van der Waals surface area contributed by atoms with Crippen molar-refractivity contribution in [2.45, 2.75) is 52.4 Å². The summed E-state index contributed by atoms with van der Waals surface area (Å²) in [4.78, 5) is 28.8. The first-order valence-corrected chi connectivity index (χ1v) is 10.3. The lowest BCUT2D eigenvalue weighted by Gasteiger charge is -2.30. The minimum Gasteiger partial charge on any atom is -0.368 e. The third-order valence-corrected chi connectivity index (χ3v) is 5.29. The van der Waals surface area contributed by atoms with Gasteiger partial charge in [0.1, 0.15) is 0 Å². The van der Waals surface area contributed by atoms with Crippen LogP contribution in [-0.4, -0.2) is 46.8 Å². The number of fused-ring (bicyclic) bond motifs is 1. The zero-order chi connectivity index (χ0) is 19.9. The minimum atomic E-state index is -0.286. The number of hydrogen-bond acceptors (Lipinski definition) is 5. The quantitative estimate of drug-likeness (QED) is 0.680. The lowest BCUT2D eigenvalue weighted by molar-refractivity contribution is -0.193. The first-order valence-electron chi connectivity index (χ1n) is 10.3. The van der Waals surface area contributed by atoms with Gasteiger partial charge in [0, 0.05) is 31.9 Å². The molecule has 2 heterocycles. The molecule has 0 unspecified atom stereocenters. The van der Waals surface area contributed by atoms with Gasteiger partial charge in [-0.05, 0) is 49.3 Å². The molecule has 1 aliphatic heterocycles. The maximum atomic E-state index is 12.7. The summed E-state index contributed by atoms with van der Waals surface area (Å²) in [5, 5.41) is 12.8. The summed E-state index contributed by atoms with van der Waals surface area (Å²) in [5.74, 6) is -0.0452. The number of carbonyl (C=O) groups excluding carboxylic acids is 2. The molecule has 1 aliphatic rings. The highest BCUT2D eigenvalue weighted by Crippen LogP contribution is 2.20. The second-order valence-corrected chi connectivity index (χ2v) is 7.57. The van der Waals surface area contributed by atoms with Gasteiger partial charge in [0.25, 0.3) is 5.91 Å². The van der Waals surface area contributed by atoms with Crippen molar-refractivity contribution in [1.29, 1.82) is 0 Å². The number of aromatic amines is 1. The van der Waals surface area contributed by atoms with E-state index in [0.29, 0.717) is 31.2 Å². The van der Waals surface area contributed by atoms with E-state index in [1.165, 1.54) is 25.3 Å². The number of hydroxylamine groups is 2. The smallest absolute Gasteiger partial charge is 0.322 e. The lowest BCUT2D eigenvalue weighted by atomic mass is 9.98. The van der Waals surface area contributed by atoms with Crippen molar-refractivity contribution >= 4 is 22.8 Å². The van der Waals surface area contributed by atoms with E-state index < -0.39 is 0 Å². The number of carbonyl (C=O) groups is 2. The summed E-state index contributed by atoms with van der Waals surface area (Å²) in [6.45, 7) is 5.62. The zero-order valence-electron chi connectivity index (χ0n) is 16.8. The van der Waals surface area contributed by atoms with Gasteiger partial charge >= 0.3 is 5.97 Å². The summed E-state index contributed by atoms with van der Waals surface area (Å²) in [6, 6.07) is 6.20. The summed E-state index contributed by atoms with van der Waals surface area (Å²) in [5.41, 5.74) is 2.60. The van der Waals surface area contributed by atoms with Gasteiger partial charge in [0.15, 0.2) is 5.69 Å². The average molecular weight is 386 g/mol. The maximum Gasteiger partial charge on any atom is 0.322 e. The predicted octanol–water partition coefficient (Wildman–Crippen LogP) is 3.22. The largest absolute Gasteiger partial charge is 0.368 e. The number of hydrogen-bond donors (Lipinski definition) is 2. The van der Waals surface area contributed by atoms with Gasteiger partial charge in [-0.1, -0.05) is 25.8 Å². The van der Waals surface area contributed by atoms with Crippen molar-refractivity contribution in [3.8, 4) is 0 Å². The fourth-order valence-electron chi connectivity index (χ4n) is 3.68. The van der Waals surface area contributed by atoms with Gasteiger partial charge in [-0.25, -0.2) is 0 Å². The molecular weight excluding hydrogens is 356 g/mol. The molecule has 2 aromatic rings. The zero-order valence-corrected chi connectivity index (χ0v) is 16.8. The Morgan fingerprint density at radius 2 is 2.07 bits per heavy atom. The van der Waals surface area contributed by atoms with Crippen LogP contribution in [-0.2, 0) is 16.1 Å². The van der Waals surface area contributed by atoms with Crippen LogP contribution < -0.4 is 5.32 Å². The molecule has 152 valence electrons. The molecule has 0 atom stereocenters. The van der Waals surface area contributed by atoms with Crippen molar-refractivity contribution in [2.75, 3.05) is 19.6 Å². The predicted molar refractivity (Wildman–Crippen MR) is 108 cm³/mol. The van der Waals surface area contributed by atoms with Crippen LogP contribution in [0.15, 0.2) is 18.2 Å². The van der Waals surface area contributed by atoms with E-state index in [4.69, 9.17) is 4.84 Å². The fraction of sp³-hybridized carbons (Fsp3) is 0.571. The van der Waals surface area contributed by atoms with Crippen LogP contribution in [0.4, 0.5) is 0 Å². The minimum absolute atomic E-state index is 0.139. The van der Waals surface area contributed by atoms with Crippen LogP contribution in [0.2, 0.25) is 0 Å². The molecule has 1 aromatic heterocycles. The van der Waals surface area contributed by atoms with Crippen LogP contribution in [0.5, 0.6) is 0 Å². The Hall–Kier alpha value is -2.41. The van der Waals surface area contributed by atoms with Crippen LogP contribution in [0.25, 0.3) is 10.9 Å². The third-order valence-electron chi connectivity index (χ3n) is 5.29. The van der Waals surface area contributed by atoms with E-state index in [1.807, 2.05) is 6.07 Å². The number of unbranched alkanes of at least 4 members (excludes halogenated alkanes) is 2. The number of amides is 1. The Labute approximate surface area is 165 Å². The normalized spacial score (nSPS) is 15.6. The monoisotopic (exact) mass is 386 g/mol. The van der Waals surface area contributed by atoms with E-state index in [9.17, 15) is 9.59 Å². The van der Waals surface area contributed by atoms with Crippen LogP contribution in [0.3, 0.4) is 0 Å². The Bertz CT molecular complexity index is 809. The number of rotatable bonds is 8. The molecule has 1 aromatic carbocycles. The highest BCUT2D eigenvalue weighted by molar-refractivity contribution is 6.04. The molecule has 0 radical (unpaired) electrons. The molecule has 0 bridgehead atoms. The summed E-state index contributed by atoms with van der Waals surface area (Å²) in [6.07, 6.45) is 6.37. The van der Waals surface area contributed by atoms with Crippen molar-refractivity contribution in [3.05, 3.63) is 29.5 Å². The lowest BCUT2D eigenvalue weighted by Crippen LogP contribution is -2.39. The van der Waals surface area contributed by atoms with Crippen molar-refractivity contribution < 1.29 is 14.4 Å². The van der Waals surface area contributed by atoms with Crippen molar-refractivity contribution in [1.82, 2.24) is 20.6 Å². The summed E-state index contributed by atoms with van der Waals surface area (Å²) >= 11 is 0. The molecule has 0 aliphatic carbocycles. The second kappa shape index (κ2) is 9.68. The molecule has 7 heteroatoms. The molecule has 28 heavy (non-hydrogen) atoms. The number of H-pyrrole nitrogens is 1. The Morgan fingerprint density at radius 1 is 1.29 bits per heavy atom. The van der Waals surface area contributed by atoms with Gasteiger partial charge in [0.2, 0.25) is 0 Å². The number of aromatic nitrogens is 2. The molecule has 0 spiro atoms. The van der Waals surface area contributed by atoms with Crippen LogP contribution >= 0.6 is 0 Å². The molecule has 3 rings (SSSR count). The van der Waals surface area contributed by atoms with Crippen molar-refractivity contribution in [2.24, 2.45) is 5.92 Å². The van der Waals surface area contributed by atoms with Crippen LogP contribution in [0.1, 0.15) is 62.0 Å². The summed E-state index contributed by atoms with van der Waals surface area (Å²) in [7, 11) is 0. The topological polar surface area (TPSA) is 87.3 Å². The fourth-order valence-corrected chi connectivity index (χ4v) is 3.68. The Morgan fingerprint density at radius 3 is 2.79 bits per heavy atom.